The van der Waals surface area contributed by atoms with Crippen molar-refractivity contribution in [1.29, 1.82) is 5.26 Å². The fraction of sp³-hybridized carbons (Fsp3) is 0.143. The maximum Gasteiger partial charge on any atom is 0.352 e. The van der Waals surface area contributed by atoms with Gasteiger partial charge in [-0.05, 0) is 30.7 Å². The van der Waals surface area contributed by atoms with Crippen LogP contribution in [0.3, 0.4) is 0 Å². The van der Waals surface area contributed by atoms with Gasteiger partial charge in [-0.3, -0.25) is 0 Å². The van der Waals surface area contributed by atoms with E-state index in [0.29, 0.717) is 11.1 Å². The van der Waals surface area contributed by atoms with E-state index in [0.717, 1.165) is 6.07 Å². The molecule has 0 amide bonds. The Hall–Kier alpha value is -2.61. The Morgan fingerprint density at radius 2 is 2.21 bits per heavy atom. The number of carboxylic acids is 1. The molecule has 2 aromatic rings. The number of benzene rings is 1. The van der Waals surface area contributed by atoms with Gasteiger partial charge in [0.25, 0.3) is 0 Å². The lowest BCUT2D eigenvalue weighted by Gasteiger charge is -2.08. The van der Waals surface area contributed by atoms with Gasteiger partial charge in [-0.15, -0.1) is 0 Å². The van der Waals surface area contributed by atoms with Crippen molar-refractivity contribution in [3.05, 3.63) is 58.7 Å². The van der Waals surface area contributed by atoms with E-state index in [9.17, 15) is 9.18 Å². The first-order valence-electron chi connectivity index (χ1n) is 5.60. The predicted molar refractivity (Wildman–Crippen MR) is 66.3 cm³/mol. The van der Waals surface area contributed by atoms with Crippen LogP contribution in [-0.4, -0.2) is 15.6 Å². The first-order valence-corrected chi connectivity index (χ1v) is 5.60. The number of carboxylic acid groups (broad SMARTS) is 1. The second kappa shape index (κ2) is 4.94. The molecule has 0 saturated heterocycles. The molecule has 1 heterocycles. The summed E-state index contributed by atoms with van der Waals surface area (Å²) in [5, 5.41) is 17.8. The normalized spacial score (nSPS) is 10.2. The Bertz CT molecular complexity index is 683. The van der Waals surface area contributed by atoms with Crippen LogP contribution in [0.5, 0.6) is 0 Å². The summed E-state index contributed by atoms with van der Waals surface area (Å²) >= 11 is 0. The van der Waals surface area contributed by atoms with E-state index in [2.05, 4.69) is 0 Å². The molecule has 0 aliphatic heterocycles. The number of halogens is 1. The number of hydrogen-bond acceptors (Lipinski definition) is 2. The van der Waals surface area contributed by atoms with Crippen LogP contribution in [0.25, 0.3) is 0 Å². The maximum absolute atomic E-state index is 13.8. The van der Waals surface area contributed by atoms with E-state index in [4.69, 9.17) is 10.4 Å². The molecular weight excluding hydrogens is 247 g/mol. The van der Waals surface area contributed by atoms with Gasteiger partial charge in [-0.25, -0.2) is 9.18 Å². The van der Waals surface area contributed by atoms with Crippen LogP contribution in [0.1, 0.15) is 27.2 Å². The second-order valence-electron chi connectivity index (χ2n) is 4.20. The van der Waals surface area contributed by atoms with Gasteiger partial charge in [0.2, 0.25) is 0 Å². The molecule has 0 unspecified atom stereocenters. The molecule has 1 aromatic carbocycles. The van der Waals surface area contributed by atoms with Crippen LogP contribution in [-0.2, 0) is 6.54 Å². The number of hydrogen-bond donors (Lipinski definition) is 1. The summed E-state index contributed by atoms with van der Waals surface area (Å²) in [5.41, 5.74) is 1.35. The minimum Gasteiger partial charge on any atom is -0.477 e. The number of rotatable bonds is 3. The summed E-state index contributed by atoms with van der Waals surface area (Å²) in [5.74, 6) is -1.56. The van der Waals surface area contributed by atoms with Gasteiger partial charge in [-0.1, -0.05) is 6.07 Å². The molecule has 0 fully saturated rings. The third-order valence-corrected chi connectivity index (χ3v) is 2.89. The number of aryl methyl sites for hydroxylation is 1. The van der Waals surface area contributed by atoms with Crippen molar-refractivity contribution >= 4 is 5.97 Å². The number of carbonyl (C=O) groups is 1. The van der Waals surface area contributed by atoms with E-state index in [-0.39, 0.29) is 17.8 Å². The Morgan fingerprint density at radius 1 is 1.47 bits per heavy atom. The van der Waals surface area contributed by atoms with Crippen LogP contribution < -0.4 is 0 Å². The summed E-state index contributed by atoms with van der Waals surface area (Å²) < 4.78 is 15.2. The average Bonchev–Trinajstić information content (AvgIpc) is 2.73. The Morgan fingerprint density at radius 3 is 2.79 bits per heavy atom. The highest BCUT2D eigenvalue weighted by molar-refractivity contribution is 5.87. The molecule has 96 valence electrons. The average molecular weight is 258 g/mol. The zero-order valence-corrected chi connectivity index (χ0v) is 10.2. The minimum absolute atomic E-state index is 0.118. The van der Waals surface area contributed by atoms with Crippen LogP contribution in [0.2, 0.25) is 0 Å². The minimum atomic E-state index is -1.04. The maximum atomic E-state index is 13.8. The van der Waals surface area contributed by atoms with Gasteiger partial charge in [0.1, 0.15) is 11.5 Å². The van der Waals surface area contributed by atoms with E-state index < -0.39 is 11.8 Å². The number of nitriles is 1. The lowest BCUT2D eigenvalue weighted by atomic mass is 10.1. The predicted octanol–water partition coefficient (Wildman–Crippen LogP) is 2.55. The van der Waals surface area contributed by atoms with Crippen molar-refractivity contribution in [2.75, 3.05) is 0 Å². The molecule has 0 spiro atoms. The Labute approximate surface area is 109 Å². The Kier molecular flexibility index (Phi) is 3.34. The lowest BCUT2D eigenvalue weighted by molar-refractivity contribution is 0.0685. The largest absolute Gasteiger partial charge is 0.477 e. The van der Waals surface area contributed by atoms with Gasteiger partial charge >= 0.3 is 5.97 Å². The Balaban J connectivity index is 2.37. The fourth-order valence-electron chi connectivity index (χ4n) is 1.93. The lowest BCUT2D eigenvalue weighted by Crippen LogP contribution is -2.10. The molecule has 0 radical (unpaired) electrons. The highest BCUT2D eigenvalue weighted by Gasteiger charge is 2.14. The van der Waals surface area contributed by atoms with Gasteiger partial charge in [-0.2, -0.15) is 5.26 Å². The molecule has 1 N–H and O–H groups in total. The molecule has 19 heavy (non-hydrogen) atoms. The zero-order valence-electron chi connectivity index (χ0n) is 10.2. The first kappa shape index (κ1) is 12.8. The van der Waals surface area contributed by atoms with Crippen molar-refractivity contribution in [3.8, 4) is 6.07 Å². The fourth-order valence-corrected chi connectivity index (χ4v) is 1.93. The van der Waals surface area contributed by atoms with Gasteiger partial charge in [0, 0.05) is 11.8 Å². The SMILES string of the molecule is Cc1ccn(Cc2ccc(C#N)cc2F)c1C(=O)O. The monoisotopic (exact) mass is 258 g/mol. The molecule has 5 heteroatoms. The molecule has 1 aromatic heterocycles. The van der Waals surface area contributed by atoms with Gasteiger partial charge < -0.3 is 9.67 Å². The number of aromatic nitrogens is 1. The first-order chi connectivity index (χ1) is 9.02. The van der Waals surface area contributed by atoms with Crippen LogP contribution >= 0.6 is 0 Å². The summed E-state index contributed by atoms with van der Waals surface area (Å²) in [4.78, 5) is 11.1. The molecule has 0 bridgehead atoms. The molecule has 4 nitrogen and oxygen atoms in total. The highest BCUT2D eigenvalue weighted by Crippen LogP contribution is 2.16. The van der Waals surface area contributed by atoms with Crippen molar-refractivity contribution in [3.63, 3.8) is 0 Å². The molecular formula is C14H11FN2O2. The second-order valence-corrected chi connectivity index (χ2v) is 4.20. The van der Waals surface area contributed by atoms with E-state index >= 15 is 0 Å². The summed E-state index contributed by atoms with van der Waals surface area (Å²) in [6.07, 6.45) is 1.61. The number of nitrogens with zero attached hydrogens (tertiary/aromatic N) is 2. The summed E-state index contributed by atoms with van der Waals surface area (Å²) in [7, 11) is 0. The number of aromatic carboxylic acids is 1. The van der Waals surface area contributed by atoms with Crippen molar-refractivity contribution in [1.82, 2.24) is 4.57 Å². The molecule has 2 rings (SSSR count). The van der Waals surface area contributed by atoms with Gasteiger partial charge in [0.05, 0.1) is 18.2 Å². The standard InChI is InChI=1S/C14H11FN2O2/c1-9-4-5-17(13(9)14(18)19)8-11-3-2-10(7-16)6-12(11)15/h2-6H,8H2,1H3,(H,18,19). The summed E-state index contributed by atoms with van der Waals surface area (Å²) in [6, 6.07) is 7.67. The molecule has 0 atom stereocenters. The van der Waals surface area contributed by atoms with E-state index in [1.165, 1.54) is 16.7 Å². The van der Waals surface area contributed by atoms with Crippen molar-refractivity contribution in [2.45, 2.75) is 13.5 Å². The third kappa shape index (κ3) is 2.47. The van der Waals surface area contributed by atoms with E-state index in [1.54, 1.807) is 19.2 Å². The van der Waals surface area contributed by atoms with Crippen molar-refractivity contribution < 1.29 is 14.3 Å². The molecule has 0 aliphatic carbocycles. The third-order valence-electron chi connectivity index (χ3n) is 2.89. The smallest absolute Gasteiger partial charge is 0.352 e. The molecule has 0 aliphatic rings. The van der Waals surface area contributed by atoms with Crippen LogP contribution in [0, 0.1) is 24.1 Å². The van der Waals surface area contributed by atoms with Crippen LogP contribution in [0.4, 0.5) is 4.39 Å². The molecule has 0 saturated carbocycles. The van der Waals surface area contributed by atoms with E-state index in [1.807, 2.05) is 6.07 Å². The zero-order chi connectivity index (χ0) is 14.0. The van der Waals surface area contributed by atoms with Gasteiger partial charge in [0.15, 0.2) is 0 Å². The van der Waals surface area contributed by atoms with Crippen LogP contribution in [0.15, 0.2) is 30.5 Å². The summed E-state index contributed by atoms with van der Waals surface area (Å²) in [6.45, 7) is 1.81. The topological polar surface area (TPSA) is 66.0 Å². The van der Waals surface area contributed by atoms with Crippen molar-refractivity contribution in [2.24, 2.45) is 0 Å². The highest BCUT2D eigenvalue weighted by atomic mass is 19.1. The quantitative estimate of drug-likeness (QED) is 0.920.